The second-order valence-corrected chi connectivity index (χ2v) is 5.94. The molecule has 2 heterocycles. The van der Waals surface area contributed by atoms with E-state index in [9.17, 15) is 0 Å². The first-order valence-electron chi connectivity index (χ1n) is 6.50. The van der Waals surface area contributed by atoms with Crippen LogP contribution in [0.5, 0.6) is 0 Å². The first-order chi connectivity index (χ1) is 9.63. The van der Waals surface area contributed by atoms with Gasteiger partial charge in [-0.1, -0.05) is 23.0 Å². The van der Waals surface area contributed by atoms with E-state index in [1.165, 1.54) is 11.5 Å². The Kier molecular flexibility index (Phi) is 5.47. The molecule has 0 spiro atoms. The Hall–Kier alpha value is -1.02. The van der Waals surface area contributed by atoms with Crippen LogP contribution in [0.25, 0.3) is 0 Å². The molecule has 1 unspecified atom stereocenters. The molecule has 0 amide bonds. The number of nitrogens with zero attached hydrogens (tertiary/aromatic N) is 5. The molecule has 0 fully saturated rings. The van der Waals surface area contributed by atoms with Crippen LogP contribution in [0.15, 0.2) is 12.4 Å². The van der Waals surface area contributed by atoms with Gasteiger partial charge in [0.2, 0.25) is 0 Å². The van der Waals surface area contributed by atoms with Crippen LogP contribution in [0.3, 0.4) is 0 Å². The van der Waals surface area contributed by atoms with E-state index in [-0.39, 0.29) is 6.04 Å². The number of hydrogen-bond donors (Lipinski definition) is 1. The van der Waals surface area contributed by atoms with Gasteiger partial charge in [0, 0.05) is 6.54 Å². The molecule has 0 radical (unpaired) electrons. The van der Waals surface area contributed by atoms with Crippen molar-refractivity contribution in [2.45, 2.75) is 19.5 Å². The summed E-state index contributed by atoms with van der Waals surface area (Å²) in [6.07, 6.45) is 3.48. The van der Waals surface area contributed by atoms with Crippen molar-refractivity contribution in [1.82, 2.24) is 29.6 Å². The minimum absolute atomic E-state index is 0.0165. The molecule has 2 aromatic heterocycles. The topological polar surface area (TPSA) is 58.9 Å². The first kappa shape index (κ1) is 15.4. The Morgan fingerprint density at radius 3 is 2.85 bits per heavy atom. The number of halogens is 1. The normalized spacial score (nSPS) is 13.1. The molecule has 2 aromatic rings. The molecule has 0 aliphatic rings. The molecular weight excluding hydrogens is 296 g/mol. The SMILES string of the molecule is CCNC(c1cnns1)c1c(Cl)cnn1CCN(C)C. The molecule has 0 saturated heterocycles. The van der Waals surface area contributed by atoms with Crippen molar-refractivity contribution in [2.75, 3.05) is 27.2 Å². The maximum atomic E-state index is 6.33. The van der Waals surface area contributed by atoms with Crippen LogP contribution in [0.2, 0.25) is 5.02 Å². The smallest absolute Gasteiger partial charge is 0.0889 e. The molecule has 2 rings (SSSR count). The monoisotopic (exact) mass is 314 g/mol. The zero-order valence-electron chi connectivity index (χ0n) is 11.9. The Labute approximate surface area is 127 Å². The molecule has 1 atom stereocenters. The van der Waals surface area contributed by atoms with E-state index >= 15 is 0 Å². The first-order valence-corrected chi connectivity index (χ1v) is 7.65. The third-order valence-corrected chi connectivity index (χ3v) is 3.96. The standard InChI is InChI=1S/C12H19ClN6S/c1-4-14-11(10-8-15-17-20-10)12-9(13)7-16-19(12)6-5-18(2)3/h7-8,11,14H,4-6H2,1-3H3. The lowest BCUT2D eigenvalue weighted by atomic mass is 10.2. The van der Waals surface area contributed by atoms with Crippen LogP contribution in [-0.4, -0.2) is 51.5 Å². The molecule has 8 heteroatoms. The highest BCUT2D eigenvalue weighted by molar-refractivity contribution is 7.05. The molecule has 0 aromatic carbocycles. The van der Waals surface area contributed by atoms with Gasteiger partial charge in [0.25, 0.3) is 0 Å². The summed E-state index contributed by atoms with van der Waals surface area (Å²) in [5.74, 6) is 0. The van der Waals surface area contributed by atoms with E-state index in [0.717, 1.165) is 30.2 Å². The highest BCUT2D eigenvalue weighted by Crippen LogP contribution is 2.29. The van der Waals surface area contributed by atoms with Crippen molar-refractivity contribution in [1.29, 1.82) is 0 Å². The fourth-order valence-corrected chi connectivity index (χ4v) is 2.80. The van der Waals surface area contributed by atoms with Gasteiger partial charge >= 0.3 is 0 Å². The van der Waals surface area contributed by atoms with Crippen molar-refractivity contribution >= 4 is 23.1 Å². The molecular formula is C12H19ClN6S. The van der Waals surface area contributed by atoms with E-state index in [4.69, 9.17) is 11.6 Å². The van der Waals surface area contributed by atoms with Gasteiger partial charge < -0.3 is 10.2 Å². The number of hydrogen-bond acceptors (Lipinski definition) is 6. The molecule has 20 heavy (non-hydrogen) atoms. The van der Waals surface area contributed by atoms with Crippen LogP contribution in [0.1, 0.15) is 23.5 Å². The highest BCUT2D eigenvalue weighted by atomic mass is 35.5. The average molecular weight is 315 g/mol. The lowest BCUT2D eigenvalue weighted by molar-refractivity contribution is 0.366. The van der Waals surface area contributed by atoms with Gasteiger partial charge in [-0.2, -0.15) is 5.10 Å². The zero-order valence-corrected chi connectivity index (χ0v) is 13.4. The second kappa shape index (κ2) is 7.12. The highest BCUT2D eigenvalue weighted by Gasteiger charge is 2.23. The quantitative estimate of drug-likeness (QED) is 0.842. The second-order valence-electron chi connectivity index (χ2n) is 4.71. The average Bonchev–Trinajstić information content (AvgIpc) is 3.04. The van der Waals surface area contributed by atoms with E-state index in [1.54, 1.807) is 12.4 Å². The van der Waals surface area contributed by atoms with Gasteiger partial charge in [0.05, 0.1) is 40.6 Å². The fourth-order valence-electron chi connectivity index (χ4n) is 1.97. The molecule has 0 aliphatic heterocycles. The van der Waals surface area contributed by atoms with Crippen LogP contribution in [0, 0.1) is 0 Å². The molecule has 6 nitrogen and oxygen atoms in total. The fraction of sp³-hybridized carbons (Fsp3) is 0.583. The van der Waals surface area contributed by atoms with Crippen LogP contribution < -0.4 is 5.32 Å². The van der Waals surface area contributed by atoms with E-state index in [2.05, 4.69) is 31.8 Å². The summed E-state index contributed by atoms with van der Waals surface area (Å²) in [5.41, 5.74) is 0.974. The van der Waals surface area contributed by atoms with Crippen molar-refractivity contribution in [3.8, 4) is 0 Å². The lowest BCUT2D eigenvalue weighted by Gasteiger charge is -2.19. The number of rotatable bonds is 7. The Morgan fingerprint density at radius 1 is 1.45 bits per heavy atom. The predicted molar refractivity (Wildman–Crippen MR) is 81.2 cm³/mol. The molecule has 0 aliphatic carbocycles. The van der Waals surface area contributed by atoms with Crippen LogP contribution in [0.4, 0.5) is 0 Å². The van der Waals surface area contributed by atoms with Gasteiger partial charge in [-0.15, -0.1) is 5.10 Å². The Morgan fingerprint density at radius 2 is 2.25 bits per heavy atom. The minimum Gasteiger partial charge on any atom is -0.308 e. The number of aromatic nitrogens is 4. The predicted octanol–water partition coefficient (Wildman–Crippen LogP) is 1.65. The van der Waals surface area contributed by atoms with Crippen molar-refractivity contribution in [3.63, 3.8) is 0 Å². The maximum Gasteiger partial charge on any atom is 0.0889 e. The van der Waals surface area contributed by atoms with Crippen molar-refractivity contribution < 1.29 is 0 Å². The zero-order chi connectivity index (χ0) is 14.5. The lowest BCUT2D eigenvalue weighted by Crippen LogP contribution is -2.27. The summed E-state index contributed by atoms with van der Waals surface area (Å²) in [6.45, 7) is 4.60. The maximum absolute atomic E-state index is 6.33. The number of likely N-dealkylation sites (N-methyl/N-ethyl adjacent to an activating group) is 1. The van der Waals surface area contributed by atoms with Crippen molar-refractivity contribution in [2.24, 2.45) is 0 Å². The Balaban J connectivity index is 2.30. The van der Waals surface area contributed by atoms with E-state index < -0.39 is 0 Å². The molecule has 0 bridgehead atoms. The van der Waals surface area contributed by atoms with Crippen LogP contribution >= 0.6 is 23.1 Å². The Bertz CT molecular complexity index is 524. The van der Waals surface area contributed by atoms with Crippen molar-refractivity contribution in [3.05, 3.63) is 28.0 Å². The summed E-state index contributed by atoms with van der Waals surface area (Å²) in [7, 11) is 4.08. The molecule has 1 N–H and O–H groups in total. The number of nitrogens with one attached hydrogen (secondary N) is 1. The van der Waals surface area contributed by atoms with Gasteiger partial charge in [0.15, 0.2) is 0 Å². The van der Waals surface area contributed by atoms with Crippen LogP contribution in [-0.2, 0) is 6.54 Å². The minimum atomic E-state index is -0.0165. The third-order valence-electron chi connectivity index (χ3n) is 2.94. The molecule has 110 valence electrons. The largest absolute Gasteiger partial charge is 0.308 e. The summed E-state index contributed by atoms with van der Waals surface area (Å²) in [4.78, 5) is 3.16. The third kappa shape index (κ3) is 3.54. The van der Waals surface area contributed by atoms with E-state index in [0.29, 0.717) is 5.02 Å². The van der Waals surface area contributed by atoms with E-state index in [1.807, 2.05) is 18.8 Å². The molecule has 0 saturated carbocycles. The van der Waals surface area contributed by atoms with Gasteiger partial charge in [-0.3, -0.25) is 4.68 Å². The van der Waals surface area contributed by atoms with Gasteiger partial charge in [-0.25, -0.2) is 0 Å². The summed E-state index contributed by atoms with van der Waals surface area (Å²) in [6, 6.07) is -0.0165. The summed E-state index contributed by atoms with van der Waals surface area (Å²) >= 11 is 7.71. The van der Waals surface area contributed by atoms with Gasteiger partial charge in [-0.05, 0) is 32.2 Å². The van der Waals surface area contributed by atoms with Gasteiger partial charge in [0.1, 0.15) is 0 Å². The summed E-state index contributed by atoms with van der Waals surface area (Å²) in [5, 5.41) is 12.4. The summed E-state index contributed by atoms with van der Waals surface area (Å²) < 4.78 is 5.89.